The lowest BCUT2D eigenvalue weighted by molar-refractivity contribution is -0.120. The molecule has 0 aliphatic carbocycles. The van der Waals surface area contributed by atoms with Crippen molar-refractivity contribution in [1.29, 1.82) is 0 Å². The summed E-state index contributed by atoms with van der Waals surface area (Å²) in [6.45, 7) is 6.95. The summed E-state index contributed by atoms with van der Waals surface area (Å²) in [5.41, 5.74) is 5.40. The zero-order valence-corrected chi connectivity index (χ0v) is 25.6. The minimum absolute atomic E-state index is 0.118. The number of aromatic nitrogens is 3. The average molecular weight is 629 g/mol. The molecule has 0 saturated carbocycles. The van der Waals surface area contributed by atoms with E-state index in [1.54, 1.807) is 18.2 Å². The van der Waals surface area contributed by atoms with Crippen LogP contribution in [0.5, 0.6) is 11.6 Å². The van der Waals surface area contributed by atoms with Crippen molar-refractivity contribution >= 4 is 17.5 Å². The van der Waals surface area contributed by atoms with Crippen molar-refractivity contribution < 1.29 is 32.9 Å². The summed E-state index contributed by atoms with van der Waals surface area (Å²) < 4.78 is 45.4. The zero-order valence-electron chi connectivity index (χ0n) is 25.6. The Labute approximate surface area is 266 Å². The van der Waals surface area contributed by atoms with Gasteiger partial charge in [0.25, 0.3) is 6.47 Å². The lowest BCUT2D eigenvalue weighted by atomic mass is 9.82. The van der Waals surface area contributed by atoms with E-state index in [0.717, 1.165) is 66.2 Å². The van der Waals surface area contributed by atoms with Crippen LogP contribution in [0, 0.1) is 11.7 Å². The first kappa shape index (κ1) is 29.5. The van der Waals surface area contributed by atoms with Gasteiger partial charge in [0.1, 0.15) is 24.0 Å². The summed E-state index contributed by atoms with van der Waals surface area (Å²) in [6.07, 6.45) is 2.11. The summed E-state index contributed by atoms with van der Waals surface area (Å²) >= 11 is 0. The number of carbonyl (C=O) groups excluding carboxylic acids is 1. The summed E-state index contributed by atoms with van der Waals surface area (Å²) in [4.78, 5) is 23.4. The van der Waals surface area contributed by atoms with Crippen molar-refractivity contribution in [3.63, 3.8) is 0 Å². The van der Waals surface area contributed by atoms with Crippen LogP contribution in [0.1, 0.15) is 52.9 Å². The highest BCUT2D eigenvalue weighted by atomic mass is 19.1. The zero-order chi connectivity index (χ0) is 31.0. The third-order valence-electron chi connectivity index (χ3n) is 9.84. The molecule has 0 bridgehead atoms. The molecule has 2 aromatic carbocycles. The highest BCUT2D eigenvalue weighted by Crippen LogP contribution is 2.38. The summed E-state index contributed by atoms with van der Waals surface area (Å²) in [6, 6.07) is 14.8. The van der Waals surface area contributed by atoms with Gasteiger partial charge >= 0.3 is 0 Å². The molecule has 4 aromatic rings. The summed E-state index contributed by atoms with van der Waals surface area (Å²) in [7, 11) is 0. The summed E-state index contributed by atoms with van der Waals surface area (Å²) in [5.74, 6) is 2.49. The maximum atomic E-state index is 14.8. The molecule has 46 heavy (non-hydrogen) atoms. The molecule has 0 spiro atoms. The minimum atomic E-state index is -0.261. The molecule has 3 fully saturated rings. The van der Waals surface area contributed by atoms with Gasteiger partial charge in [-0.15, -0.1) is 0 Å². The normalized spacial score (nSPS) is 23.1. The molecule has 0 amide bonds. The van der Waals surface area contributed by atoms with Crippen LogP contribution in [0.15, 0.2) is 48.5 Å². The number of pyridine rings is 1. The van der Waals surface area contributed by atoms with Crippen molar-refractivity contribution in [3.05, 3.63) is 82.6 Å². The fraction of sp³-hybridized carbons (Fsp3) is 0.457. The molecule has 10 nitrogen and oxygen atoms in total. The van der Waals surface area contributed by atoms with E-state index in [2.05, 4.69) is 9.47 Å². The van der Waals surface area contributed by atoms with Gasteiger partial charge in [-0.1, -0.05) is 12.1 Å². The first-order valence-corrected chi connectivity index (χ1v) is 16.1. The number of rotatable bonds is 10. The van der Waals surface area contributed by atoms with Gasteiger partial charge in [-0.2, -0.15) is 0 Å². The number of ether oxygens (including phenoxy) is 5. The number of imidazole rings is 1. The molecule has 4 aliphatic rings. The maximum Gasteiger partial charge on any atom is 0.298 e. The molecule has 11 heteroatoms. The molecular weight excluding hydrogens is 591 g/mol. The van der Waals surface area contributed by atoms with Crippen molar-refractivity contribution in [3.8, 4) is 11.6 Å². The molecule has 0 radical (unpaired) electrons. The molecule has 0 N–H and O–H groups in total. The fourth-order valence-electron chi connectivity index (χ4n) is 7.06. The predicted octanol–water partition coefficient (Wildman–Crippen LogP) is 4.72. The first-order valence-electron chi connectivity index (χ1n) is 16.1. The number of benzene rings is 2. The van der Waals surface area contributed by atoms with Crippen LogP contribution in [-0.2, 0) is 45.3 Å². The van der Waals surface area contributed by atoms with Gasteiger partial charge in [0.05, 0.1) is 62.3 Å². The molecule has 3 atom stereocenters. The lowest BCUT2D eigenvalue weighted by Gasteiger charge is -2.37. The van der Waals surface area contributed by atoms with E-state index >= 15 is 0 Å². The predicted molar refractivity (Wildman–Crippen MR) is 165 cm³/mol. The largest absolute Gasteiger partial charge is 0.473 e. The SMILES string of the molecule is O=COc1ccc2nc(CN3CCC4c5nc(OCc6ccc(C7COC7)cc6F)ccc5COCC4C3)n(C[C@@H]3CCO3)c2c1. The van der Waals surface area contributed by atoms with E-state index in [0.29, 0.717) is 63.2 Å². The van der Waals surface area contributed by atoms with Crippen LogP contribution < -0.4 is 9.47 Å². The number of likely N-dealkylation sites (tertiary alicyclic amines) is 1. The van der Waals surface area contributed by atoms with Crippen LogP contribution in [-0.4, -0.2) is 71.5 Å². The van der Waals surface area contributed by atoms with Crippen molar-refractivity contribution in [1.82, 2.24) is 19.4 Å². The molecule has 2 unspecified atom stereocenters. The quantitative estimate of drug-likeness (QED) is 0.231. The Bertz CT molecular complexity index is 1740. The number of carbonyl (C=O) groups is 1. The van der Waals surface area contributed by atoms with E-state index in [1.165, 1.54) is 0 Å². The van der Waals surface area contributed by atoms with Gasteiger partial charge in [-0.05, 0) is 54.8 Å². The highest BCUT2D eigenvalue weighted by molar-refractivity contribution is 5.78. The lowest BCUT2D eigenvalue weighted by Crippen LogP contribution is -2.41. The van der Waals surface area contributed by atoms with E-state index in [-0.39, 0.29) is 36.3 Å². The Morgan fingerprint density at radius 3 is 2.72 bits per heavy atom. The van der Waals surface area contributed by atoms with Crippen molar-refractivity contribution in [2.24, 2.45) is 5.92 Å². The van der Waals surface area contributed by atoms with Crippen LogP contribution in [0.2, 0.25) is 0 Å². The standard InChI is InChI=1S/C35H37FN4O6/c36-30-11-22(26-18-43-19-26)1-2-23(30)20-45-34-6-3-24-16-42-17-25-13-39(9-7-29(25)35(24)38-34)15-33-37-31-5-4-27(46-21-41)12-32(31)40(33)14-28-8-10-44-28/h1-6,11-12,21,25-26,28-29H,7-10,13-20H2/t25?,28-,29?/m0/s1. The highest BCUT2D eigenvalue weighted by Gasteiger charge is 2.36. The number of nitrogens with zero attached hydrogens (tertiary/aromatic N) is 4. The van der Waals surface area contributed by atoms with Crippen molar-refractivity contribution in [2.45, 2.75) is 57.1 Å². The fourth-order valence-corrected chi connectivity index (χ4v) is 7.06. The number of halogens is 1. The third-order valence-corrected chi connectivity index (χ3v) is 9.84. The van der Waals surface area contributed by atoms with Gasteiger partial charge < -0.3 is 28.3 Å². The second-order valence-corrected chi connectivity index (χ2v) is 12.8. The molecule has 6 heterocycles. The molecule has 3 saturated heterocycles. The third kappa shape index (κ3) is 5.88. The monoisotopic (exact) mass is 628 g/mol. The van der Waals surface area contributed by atoms with Gasteiger partial charge in [-0.3, -0.25) is 9.69 Å². The molecular formula is C35H37FN4O6. The van der Waals surface area contributed by atoms with Gasteiger partial charge in [-0.25, -0.2) is 14.4 Å². The number of hydrogen-bond acceptors (Lipinski definition) is 9. The van der Waals surface area contributed by atoms with Crippen LogP contribution >= 0.6 is 0 Å². The van der Waals surface area contributed by atoms with Crippen molar-refractivity contribution in [2.75, 3.05) is 39.5 Å². The second-order valence-electron chi connectivity index (χ2n) is 12.8. The second kappa shape index (κ2) is 12.7. The Hall–Kier alpha value is -3.90. The number of hydrogen-bond donors (Lipinski definition) is 0. The molecule has 2 aromatic heterocycles. The maximum absolute atomic E-state index is 14.8. The average Bonchev–Trinajstić information content (AvgIpc) is 3.23. The van der Waals surface area contributed by atoms with E-state index in [4.69, 9.17) is 33.7 Å². The smallest absolute Gasteiger partial charge is 0.298 e. The Kier molecular flexibility index (Phi) is 8.15. The van der Waals surface area contributed by atoms with E-state index < -0.39 is 0 Å². The van der Waals surface area contributed by atoms with Gasteiger partial charge in [0.2, 0.25) is 5.88 Å². The van der Waals surface area contributed by atoms with Crippen LogP contribution in [0.4, 0.5) is 4.39 Å². The first-order chi connectivity index (χ1) is 22.6. The van der Waals surface area contributed by atoms with Crippen LogP contribution in [0.3, 0.4) is 0 Å². The number of piperidine rings is 1. The van der Waals surface area contributed by atoms with E-state index in [1.807, 2.05) is 30.3 Å². The molecule has 240 valence electrons. The Morgan fingerprint density at radius 2 is 1.93 bits per heavy atom. The van der Waals surface area contributed by atoms with Crippen LogP contribution in [0.25, 0.3) is 11.0 Å². The molecule has 8 rings (SSSR count). The Morgan fingerprint density at radius 1 is 1.02 bits per heavy atom. The summed E-state index contributed by atoms with van der Waals surface area (Å²) in [5, 5.41) is 0. The Balaban J connectivity index is 0.969. The number of fused-ring (bicyclic) bond motifs is 4. The topological polar surface area (TPSA) is 97.2 Å². The van der Waals surface area contributed by atoms with Gasteiger partial charge in [0.15, 0.2) is 0 Å². The molecule has 4 aliphatic heterocycles. The van der Waals surface area contributed by atoms with Gasteiger partial charge in [0, 0.05) is 48.6 Å². The van der Waals surface area contributed by atoms with E-state index in [9.17, 15) is 9.18 Å². The minimum Gasteiger partial charge on any atom is -0.473 e.